The van der Waals surface area contributed by atoms with E-state index in [4.69, 9.17) is 9.84 Å². The van der Waals surface area contributed by atoms with Crippen molar-refractivity contribution < 1.29 is 9.13 Å². The van der Waals surface area contributed by atoms with Gasteiger partial charge in [0.25, 0.3) is 0 Å². The molecule has 0 bridgehead atoms. The second-order valence-electron chi connectivity index (χ2n) is 9.08. The molecule has 2 heterocycles. The van der Waals surface area contributed by atoms with Crippen LogP contribution in [-0.2, 0) is 17.9 Å². The summed E-state index contributed by atoms with van der Waals surface area (Å²) in [5, 5.41) is 5.78. The molecule has 6 heteroatoms. The number of halogens is 1. The van der Waals surface area contributed by atoms with E-state index in [2.05, 4.69) is 67.1 Å². The van der Waals surface area contributed by atoms with Crippen LogP contribution in [-0.4, -0.2) is 29.4 Å². The average molecular weight is 434 g/mol. The van der Waals surface area contributed by atoms with E-state index < -0.39 is 14.0 Å². The number of hydrogen-bond acceptors (Lipinski definition) is 3. The number of pyridine rings is 1. The Morgan fingerprint density at radius 2 is 1.77 bits per heavy atom. The van der Waals surface area contributed by atoms with Crippen molar-refractivity contribution in [1.29, 1.82) is 0 Å². The lowest BCUT2D eigenvalue weighted by molar-refractivity contribution is 0.0818. The van der Waals surface area contributed by atoms with E-state index in [0.29, 0.717) is 6.73 Å². The Morgan fingerprint density at radius 3 is 2.52 bits per heavy atom. The lowest BCUT2D eigenvalue weighted by atomic mass is 10.0. The van der Waals surface area contributed by atoms with Crippen molar-refractivity contribution in [2.24, 2.45) is 0 Å². The maximum atomic E-state index is 13.8. The predicted molar refractivity (Wildman–Crippen MR) is 126 cm³/mol. The van der Waals surface area contributed by atoms with Gasteiger partial charge in [0.15, 0.2) is 0 Å². The summed E-state index contributed by atoms with van der Waals surface area (Å²) in [5.74, 6) is -0.507. The van der Waals surface area contributed by atoms with Crippen LogP contribution < -0.4 is 0 Å². The molecule has 4 aromatic rings. The summed E-state index contributed by atoms with van der Waals surface area (Å²) in [6.45, 7) is 8.12. The van der Waals surface area contributed by atoms with E-state index >= 15 is 0 Å². The molecule has 0 aliphatic rings. The topological polar surface area (TPSA) is 39.9 Å². The minimum absolute atomic E-state index is 0.382. The average Bonchev–Trinajstić information content (AvgIpc) is 3.09. The van der Waals surface area contributed by atoms with Gasteiger partial charge in [0.2, 0.25) is 5.95 Å². The number of benzene rings is 2. The Hall–Kier alpha value is -2.83. The van der Waals surface area contributed by atoms with Gasteiger partial charge in [-0.25, -0.2) is 9.67 Å². The molecule has 0 atom stereocenters. The zero-order valence-corrected chi connectivity index (χ0v) is 19.3. The maximum Gasteiger partial charge on any atom is 0.213 e. The third-order valence-corrected chi connectivity index (χ3v) is 6.98. The molecule has 2 aromatic carbocycles. The van der Waals surface area contributed by atoms with E-state index in [0.717, 1.165) is 41.2 Å². The monoisotopic (exact) mass is 433 g/mol. The van der Waals surface area contributed by atoms with Gasteiger partial charge in [0.05, 0.1) is 5.52 Å². The molecule has 160 valence electrons. The summed E-state index contributed by atoms with van der Waals surface area (Å²) in [6, 6.07) is 21.1. The summed E-state index contributed by atoms with van der Waals surface area (Å²) >= 11 is 0. The minimum Gasteiger partial charge on any atom is -0.360 e. The molecule has 0 spiro atoms. The van der Waals surface area contributed by atoms with Crippen LogP contribution in [0, 0.1) is 5.95 Å². The van der Waals surface area contributed by atoms with Gasteiger partial charge in [0.1, 0.15) is 12.4 Å². The second kappa shape index (κ2) is 9.12. The molecule has 0 aliphatic heterocycles. The van der Waals surface area contributed by atoms with Gasteiger partial charge in [-0.15, -0.1) is 0 Å². The lowest BCUT2D eigenvalue weighted by Crippen LogP contribution is -2.22. The molecule has 0 unspecified atom stereocenters. The zero-order chi connectivity index (χ0) is 21.8. The summed E-state index contributed by atoms with van der Waals surface area (Å²) in [7, 11) is -1.15. The van der Waals surface area contributed by atoms with Crippen LogP contribution in [0.3, 0.4) is 0 Å². The van der Waals surface area contributed by atoms with Crippen LogP contribution in [0.5, 0.6) is 0 Å². The van der Waals surface area contributed by atoms with Gasteiger partial charge in [-0.2, -0.15) is 9.49 Å². The quantitative estimate of drug-likeness (QED) is 0.190. The SMILES string of the molecule is C[Si](C)(C)CCOCn1nc(-c2ccnc(F)c2)c2cc(Cc3ccccc3)ccc21. The molecule has 2 aromatic heterocycles. The van der Waals surface area contributed by atoms with Crippen molar-refractivity contribution in [2.45, 2.75) is 38.8 Å². The number of ether oxygens (including phenoxy) is 1. The third kappa shape index (κ3) is 5.45. The Bertz CT molecular complexity index is 1170. The van der Waals surface area contributed by atoms with Crippen LogP contribution in [0.1, 0.15) is 11.1 Å². The molecule has 4 nitrogen and oxygen atoms in total. The maximum absolute atomic E-state index is 13.8. The Labute approximate surface area is 183 Å². The van der Waals surface area contributed by atoms with E-state index in [-0.39, 0.29) is 0 Å². The first-order valence-corrected chi connectivity index (χ1v) is 14.3. The fraction of sp³-hybridized carbons (Fsp3) is 0.280. The Balaban J connectivity index is 1.68. The van der Waals surface area contributed by atoms with E-state index in [1.165, 1.54) is 23.4 Å². The molecule has 4 rings (SSSR count). The second-order valence-corrected chi connectivity index (χ2v) is 14.7. The van der Waals surface area contributed by atoms with Crippen molar-refractivity contribution >= 4 is 19.0 Å². The number of fused-ring (bicyclic) bond motifs is 1. The van der Waals surface area contributed by atoms with Gasteiger partial charge in [-0.05, 0) is 41.8 Å². The number of nitrogens with zero attached hydrogens (tertiary/aromatic N) is 3. The normalized spacial score (nSPS) is 11.9. The van der Waals surface area contributed by atoms with Gasteiger partial charge in [-0.1, -0.05) is 56.0 Å². The molecular formula is C25H28FN3OSi. The highest BCUT2D eigenvalue weighted by atomic mass is 28.3. The summed E-state index contributed by atoms with van der Waals surface area (Å²) in [6.07, 6.45) is 2.31. The summed E-state index contributed by atoms with van der Waals surface area (Å²) < 4.78 is 21.6. The fourth-order valence-electron chi connectivity index (χ4n) is 3.56. The molecule has 0 fully saturated rings. The van der Waals surface area contributed by atoms with Gasteiger partial charge in [0, 0.05) is 37.9 Å². The molecule has 0 N–H and O–H groups in total. The minimum atomic E-state index is -1.15. The third-order valence-electron chi connectivity index (χ3n) is 5.28. The van der Waals surface area contributed by atoms with Gasteiger partial charge < -0.3 is 4.74 Å². The highest BCUT2D eigenvalue weighted by Crippen LogP contribution is 2.30. The highest BCUT2D eigenvalue weighted by molar-refractivity contribution is 6.76. The fourth-order valence-corrected chi connectivity index (χ4v) is 4.32. The Morgan fingerprint density at radius 1 is 0.968 bits per heavy atom. The zero-order valence-electron chi connectivity index (χ0n) is 18.3. The highest BCUT2D eigenvalue weighted by Gasteiger charge is 2.16. The molecule has 0 amide bonds. The van der Waals surface area contributed by atoms with Crippen molar-refractivity contribution in [3.63, 3.8) is 0 Å². The molecule has 0 saturated heterocycles. The standard InChI is InChI=1S/C25H28FN3OSi/c1-31(2,3)14-13-30-18-29-23-10-9-20(15-19-7-5-4-6-8-19)16-22(23)25(28-29)21-11-12-27-24(26)17-21/h4-12,16-17H,13-15,18H2,1-3H3. The lowest BCUT2D eigenvalue weighted by Gasteiger charge is -2.15. The van der Waals surface area contributed by atoms with Gasteiger partial charge in [-0.3, -0.25) is 0 Å². The van der Waals surface area contributed by atoms with Crippen molar-refractivity contribution in [2.75, 3.05) is 6.61 Å². The van der Waals surface area contributed by atoms with E-state index in [9.17, 15) is 4.39 Å². The first-order chi connectivity index (χ1) is 14.9. The molecule has 0 saturated carbocycles. The molecule has 31 heavy (non-hydrogen) atoms. The van der Waals surface area contributed by atoms with Crippen LogP contribution in [0.2, 0.25) is 25.7 Å². The van der Waals surface area contributed by atoms with Crippen LogP contribution in [0.4, 0.5) is 4.39 Å². The summed E-state index contributed by atoms with van der Waals surface area (Å²) in [4.78, 5) is 3.69. The van der Waals surface area contributed by atoms with Crippen molar-refractivity contribution in [3.8, 4) is 11.3 Å². The van der Waals surface area contributed by atoms with Crippen LogP contribution in [0.25, 0.3) is 22.2 Å². The summed E-state index contributed by atoms with van der Waals surface area (Å²) in [5.41, 5.74) is 4.89. The van der Waals surface area contributed by atoms with E-state index in [1.54, 1.807) is 6.07 Å². The number of aromatic nitrogens is 3. The van der Waals surface area contributed by atoms with Gasteiger partial charge >= 0.3 is 0 Å². The van der Waals surface area contributed by atoms with Crippen molar-refractivity contribution in [3.05, 3.63) is 83.9 Å². The first kappa shape index (κ1) is 21.4. The van der Waals surface area contributed by atoms with E-state index in [1.807, 2.05) is 10.7 Å². The largest absolute Gasteiger partial charge is 0.360 e. The molecule has 0 aliphatic carbocycles. The predicted octanol–water partition coefficient (Wildman–Crippen LogP) is 6.14. The Kier molecular flexibility index (Phi) is 6.29. The smallest absolute Gasteiger partial charge is 0.213 e. The molecule has 0 radical (unpaired) electrons. The van der Waals surface area contributed by atoms with Crippen molar-refractivity contribution in [1.82, 2.24) is 14.8 Å². The number of hydrogen-bond donors (Lipinski definition) is 0. The molecular weight excluding hydrogens is 405 g/mol. The van der Waals surface area contributed by atoms with Crippen LogP contribution in [0.15, 0.2) is 66.9 Å². The first-order valence-electron chi connectivity index (χ1n) is 10.6. The van der Waals surface area contributed by atoms with Crippen LogP contribution >= 0.6 is 0 Å². The number of rotatable bonds is 8.